The van der Waals surface area contributed by atoms with Crippen molar-refractivity contribution in [1.82, 2.24) is 0 Å². The number of aliphatic hydroxyl groups excluding tert-OH is 2. The highest BCUT2D eigenvalue weighted by Gasteiger charge is 1.99. The van der Waals surface area contributed by atoms with Crippen LogP contribution in [0.25, 0.3) is 12.2 Å². The largest absolute Gasteiger partial charge is 0.459 e. The third kappa shape index (κ3) is 3.81. The molecule has 2 aromatic heterocycles. The van der Waals surface area contributed by atoms with Gasteiger partial charge in [-0.1, -0.05) is 0 Å². The van der Waals surface area contributed by atoms with Gasteiger partial charge < -0.3 is 19.0 Å². The van der Waals surface area contributed by atoms with Crippen LogP contribution in [0.1, 0.15) is 23.0 Å². The minimum atomic E-state index is -0.228. The van der Waals surface area contributed by atoms with Crippen molar-refractivity contribution in [3.8, 4) is 0 Å². The molecule has 0 aromatic carbocycles. The van der Waals surface area contributed by atoms with Gasteiger partial charge in [0.05, 0.1) is 0 Å². The first-order valence-electron chi connectivity index (χ1n) is 6.00. The lowest BCUT2D eigenvalue weighted by molar-refractivity contribution is -0.110. The number of hydrogen-bond donors (Lipinski definition) is 2. The summed E-state index contributed by atoms with van der Waals surface area (Å²) in [6, 6.07) is 6.61. The molecule has 0 radical (unpaired) electrons. The van der Waals surface area contributed by atoms with E-state index < -0.39 is 0 Å². The van der Waals surface area contributed by atoms with Crippen molar-refractivity contribution in [2.75, 3.05) is 0 Å². The molecule has 5 heteroatoms. The summed E-state index contributed by atoms with van der Waals surface area (Å²) < 4.78 is 10.4. The van der Waals surface area contributed by atoms with E-state index in [0.717, 1.165) is 0 Å². The molecule has 2 rings (SSSR count). The Bertz CT molecular complexity index is 576. The van der Waals surface area contributed by atoms with Crippen molar-refractivity contribution in [1.29, 1.82) is 0 Å². The molecule has 0 aliphatic heterocycles. The molecule has 0 aliphatic rings. The molecule has 5 nitrogen and oxygen atoms in total. The van der Waals surface area contributed by atoms with Crippen LogP contribution < -0.4 is 0 Å². The molecule has 0 unspecified atom stereocenters. The molecule has 0 bridgehead atoms. The molecule has 2 heterocycles. The highest BCUT2D eigenvalue weighted by molar-refractivity contribution is 6.04. The van der Waals surface area contributed by atoms with E-state index in [1.165, 1.54) is 24.3 Å². The van der Waals surface area contributed by atoms with Gasteiger partial charge in [0, 0.05) is 0 Å². The SMILES string of the molecule is O=C(C=Cc1ccc(CO)o1)C=Cc1ccc(CO)o1. The lowest BCUT2D eigenvalue weighted by Gasteiger charge is -1.88. The van der Waals surface area contributed by atoms with Crippen LogP contribution >= 0.6 is 0 Å². The van der Waals surface area contributed by atoms with Crippen LogP contribution in [0, 0.1) is 0 Å². The predicted octanol–water partition coefficient (Wildman–Crippen LogP) is 2.15. The van der Waals surface area contributed by atoms with Crippen LogP contribution in [-0.4, -0.2) is 16.0 Å². The maximum atomic E-state index is 11.6. The summed E-state index contributed by atoms with van der Waals surface area (Å²) in [6.07, 6.45) is 5.75. The fourth-order valence-electron chi connectivity index (χ4n) is 1.52. The molecule has 0 saturated heterocycles. The number of rotatable bonds is 6. The number of carbonyl (C=O) groups is 1. The van der Waals surface area contributed by atoms with Gasteiger partial charge >= 0.3 is 0 Å². The number of ketones is 1. The Kier molecular flexibility index (Phi) is 4.70. The Morgan fingerprint density at radius 2 is 1.35 bits per heavy atom. The van der Waals surface area contributed by atoms with E-state index in [2.05, 4.69) is 0 Å². The van der Waals surface area contributed by atoms with Gasteiger partial charge in [0.1, 0.15) is 36.3 Å². The van der Waals surface area contributed by atoms with Crippen molar-refractivity contribution in [2.24, 2.45) is 0 Å². The highest BCUT2D eigenvalue weighted by atomic mass is 16.4. The molecule has 2 N–H and O–H groups in total. The maximum absolute atomic E-state index is 11.6. The second-order valence-electron chi connectivity index (χ2n) is 3.99. The summed E-state index contributed by atoms with van der Waals surface area (Å²) in [7, 11) is 0. The van der Waals surface area contributed by atoms with Gasteiger partial charge in [-0.15, -0.1) is 0 Å². The molecule has 0 spiro atoms. The first-order valence-corrected chi connectivity index (χ1v) is 6.00. The third-order valence-corrected chi connectivity index (χ3v) is 2.50. The summed E-state index contributed by atoms with van der Waals surface area (Å²) in [5, 5.41) is 17.7. The summed E-state index contributed by atoms with van der Waals surface area (Å²) >= 11 is 0. The first-order chi connectivity index (χ1) is 9.71. The number of aliphatic hydroxyl groups is 2. The van der Waals surface area contributed by atoms with E-state index in [-0.39, 0.29) is 19.0 Å². The van der Waals surface area contributed by atoms with Gasteiger partial charge in [0.15, 0.2) is 5.78 Å². The van der Waals surface area contributed by atoms with E-state index in [1.54, 1.807) is 24.3 Å². The summed E-state index contributed by atoms with van der Waals surface area (Å²) in [5.74, 6) is 1.65. The maximum Gasteiger partial charge on any atom is 0.178 e. The normalized spacial score (nSPS) is 11.7. The van der Waals surface area contributed by atoms with Crippen LogP contribution in [-0.2, 0) is 18.0 Å². The van der Waals surface area contributed by atoms with Crippen LogP contribution in [0.4, 0.5) is 0 Å². The molecule has 0 aliphatic carbocycles. The molecule has 20 heavy (non-hydrogen) atoms. The summed E-state index contributed by atoms with van der Waals surface area (Å²) in [6.45, 7) is -0.346. The van der Waals surface area contributed by atoms with Crippen molar-refractivity contribution >= 4 is 17.9 Å². The summed E-state index contributed by atoms with van der Waals surface area (Å²) in [5.41, 5.74) is 0. The highest BCUT2D eigenvalue weighted by Crippen LogP contribution is 2.11. The quantitative estimate of drug-likeness (QED) is 0.788. The monoisotopic (exact) mass is 274 g/mol. The molecule has 0 fully saturated rings. The Morgan fingerprint density at radius 1 is 0.900 bits per heavy atom. The van der Waals surface area contributed by atoms with Gasteiger partial charge in [-0.2, -0.15) is 0 Å². The van der Waals surface area contributed by atoms with E-state index >= 15 is 0 Å². The number of hydrogen-bond acceptors (Lipinski definition) is 5. The third-order valence-electron chi connectivity index (χ3n) is 2.50. The van der Waals surface area contributed by atoms with Gasteiger partial charge in [0.2, 0.25) is 0 Å². The average Bonchev–Trinajstić information content (AvgIpc) is 3.11. The fraction of sp³-hybridized carbons (Fsp3) is 0.133. The van der Waals surface area contributed by atoms with Gasteiger partial charge in [-0.05, 0) is 48.6 Å². The minimum absolute atomic E-state index is 0.173. The lowest BCUT2D eigenvalue weighted by Crippen LogP contribution is -1.84. The Hall–Kier alpha value is -2.37. The van der Waals surface area contributed by atoms with Crippen molar-refractivity contribution in [3.05, 3.63) is 59.5 Å². The van der Waals surface area contributed by atoms with Crippen molar-refractivity contribution in [3.63, 3.8) is 0 Å². The van der Waals surface area contributed by atoms with Crippen LogP contribution in [0.15, 0.2) is 45.3 Å². The zero-order valence-electron chi connectivity index (χ0n) is 10.7. The van der Waals surface area contributed by atoms with Gasteiger partial charge in [0.25, 0.3) is 0 Å². The molecule has 0 atom stereocenters. The Balaban J connectivity index is 1.94. The van der Waals surface area contributed by atoms with Crippen LogP contribution in [0.5, 0.6) is 0 Å². The standard InChI is InChI=1S/C15H14O5/c16-9-14-7-5-12(19-14)3-1-11(18)2-4-13-6-8-15(10-17)20-13/h1-8,16-17H,9-10H2. The second-order valence-corrected chi connectivity index (χ2v) is 3.99. The molecule has 2 aromatic rings. The predicted molar refractivity (Wildman–Crippen MR) is 72.3 cm³/mol. The molecular formula is C15H14O5. The van der Waals surface area contributed by atoms with E-state index in [4.69, 9.17) is 19.0 Å². The number of carbonyl (C=O) groups excluding carboxylic acids is 1. The summed E-state index contributed by atoms with van der Waals surface area (Å²) in [4.78, 5) is 11.6. The van der Waals surface area contributed by atoms with E-state index in [9.17, 15) is 4.79 Å². The van der Waals surface area contributed by atoms with Crippen molar-refractivity contribution < 1.29 is 23.8 Å². The second kappa shape index (κ2) is 6.70. The number of allylic oxidation sites excluding steroid dienone is 2. The molecule has 0 amide bonds. The topological polar surface area (TPSA) is 83.8 Å². The molecular weight excluding hydrogens is 260 g/mol. The van der Waals surface area contributed by atoms with Gasteiger partial charge in [-0.25, -0.2) is 0 Å². The lowest BCUT2D eigenvalue weighted by atomic mass is 10.3. The van der Waals surface area contributed by atoms with Crippen molar-refractivity contribution in [2.45, 2.75) is 13.2 Å². The average molecular weight is 274 g/mol. The van der Waals surface area contributed by atoms with Crippen LogP contribution in [0.3, 0.4) is 0 Å². The Morgan fingerprint density at radius 3 is 1.70 bits per heavy atom. The van der Waals surface area contributed by atoms with E-state index in [1.807, 2.05) is 0 Å². The fourth-order valence-corrected chi connectivity index (χ4v) is 1.52. The zero-order valence-corrected chi connectivity index (χ0v) is 10.7. The minimum Gasteiger partial charge on any atom is -0.459 e. The first kappa shape index (κ1) is 14.0. The van der Waals surface area contributed by atoms with Gasteiger partial charge in [-0.3, -0.25) is 4.79 Å². The number of furan rings is 2. The Labute approximate surface area is 115 Å². The zero-order chi connectivity index (χ0) is 14.4. The smallest absolute Gasteiger partial charge is 0.178 e. The molecule has 0 saturated carbocycles. The van der Waals surface area contributed by atoms with Crippen LogP contribution in [0.2, 0.25) is 0 Å². The molecule has 104 valence electrons. The van der Waals surface area contributed by atoms with E-state index in [0.29, 0.717) is 23.0 Å².